The molecule has 0 aliphatic rings. The molecular formula is C28H37NO9. The highest BCUT2D eigenvalue weighted by Crippen LogP contribution is 2.18. The minimum atomic E-state index is -1.13. The Morgan fingerprint density at radius 2 is 1.63 bits per heavy atom. The largest absolute Gasteiger partial charge is 0.481 e. The van der Waals surface area contributed by atoms with Crippen molar-refractivity contribution in [1.82, 2.24) is 5.32 Å². The predicted octanol–water partition coefficient (Wildman–Crippen LogP) is 3.29. The van der Waals surface area contributed by atoms with Crippen LogP contribution in [0.2, 0.25) is 0 Å². The third-order valence-corrected chi connectivity index (χ3v) is 5.22. The van der Waals surface area contributed by atoms with Gasteiger partial charge in [0.1, 0.15) is 5.78 Å². The number of aliphatic carboxylic acids is 2. The first-order valence-corrected chi connectivity index (χ1v) is 12.0. The average Bonchev–Trinajstić information content (AvgIpc) is 2.85. The van der Waals surface area contributed by atoms with Crippen LogP contribution in [0.4, 0.5) is 0 Å². The number of carboxylic acid groups (broad SMARTS) is 2. The third kappa shape index (κ3) is 15.1. The molecule has 10 heteroatoms. The van der Waals surface area contributed by atoms with Crippen LogP contribution in [0, 0.1) is 5.92 Å². The van der Waals surface area contributed by atoms with Crippen LogP contribution in [-0.4, -0.2) is 57.7 Å². The number of amides is 1. The lowest BCUT2D eigenvalue weighted by molar-refractivity contribution is -0.144. The second-order valence-electron chi connectivity index (χ2n) is 9.12. The Morgan fingerprint density at radius 1 is 1.03 bits per heavy atom. The summed E-state index contributed by atoms with van der Waals surface area (Å²) in [6.07, 6.45) is 1.73. The van der Waals surface area contributed by atoms with E-state index in [0.717, 1.165) is 11.6 Å². The number of carbonyl (C=O) groups is 6. The molecule has 0 fully saturated rings. The standard InChI is InChI=1S/C17H21NO4.C11H16O5/c1-4-15(20)18-17(2,3)14(19)11-13(16(21)22)10-12-8-6-5-7-9-12;1-8(2)11(15)16-7-3-4-9(12)5-6-10(13)14/h4-9,13H,1,10-11H2,2-3H3,(H,18,20)(H,21,22);1,3-7H2,2H3,(H,13,14). The molecule has 0 aliphatic heterocycles. The van der Waals surface area contributed by atoms with Crippen LogP contribution in [0.5, 0.6) is 0 Å². The van der Waals surface area contributed by atoms with E-state index in [1.807, 2.05) is 30.3 Å². The van der Waals surface area contributed by atoms with Gasteiger partial charge in [-0.3, -0.25) is 24.0 Å². The highest BCUT2D eigenvalue weighted by atomic mass is 16.5. The van der Waals surface area contributed by atoms with Gasteiger partial charge in [0, 0.05) is 24.8 Å². The minimum absolute atomic E-state index is 0.0315. The lowest BCUT2D eigenvalue weighted by Gasteiger charge is -2.25. The molecule has 0 radical (unpaired) electrons. The number of esters is 1. The minimum Gasteiger partial charge on any atom is -0.481 e. The number of carboxylic acids is 2. The van der Waals surface area contributed by atoms with Crippen LogP contribution in [0.3, 0.4) is 0 Å². The number of ketones is 2. The summed E-state index contributed by atoms with van der Waals surface area (Å²) in [6, 6.07) is 9.14. The molecule has 1 rings (SSSR count). The second kappa shape index (κ2) is 17.4. The molecule has 0 spiro atoms. The van der Waals surface area contributed by atoms with Gasteiger partial charge in [-0.2, -0.15) is 0 Å². The summed E-state index contributed by atoms with van der Waals surface area (Å²) in [5.74, 6) is -4.23. The molecule has 0 saturated carbocycles. The van der Waals surface area contributed by atoms with E-state index in [0.29, 0.717) is 12.0 Å². The van der Waals surface area contributed by atoms with Crippen LogP contribution < -0.4 is 5.32 Å². The number of rotatable bonds is 16. The van der Waals surface area contributed by atoms with E-state index in [1.54, 1.807) is 20.8 Å². The number of hydrogen-bond donors (Lipinski definition) is 3. The van der Waals surface area contributed by atoms with Crippen molar-refractivity contribution >= 4 is 35.4 Å². The Morgan fingerprint density at radius 3 is 2.13 bits per heavy atom. The van der Waals surface area contributed by atoms with Crippen molar-refractivity contribution in [3.05, 3.63) is 60.7 Å². The Bertz CT molecular complexity index is 1010. The van der Waals surface area contributed by atoms with E-state index in [2.05, 4.69) is 18.5 Å². The van der Waals surface area contributed by atoms with E-state index in [9.17, 15) is 33.9 Å². The topological polar surface area (TPSA) is 164 Å². The molecule has 38 heavy (non-hydrogen) atoms. The molecule has 0 heterocycles. The highest BCUT2D eigenvalue weighted by molar-refractivity contribution is 5.96. The Hall–Kier alpha value is -4.08. The van der Waals surface area contributed by atoms with Gasteiger partial charge in [-0.25, -0.2) is 4.79 Å². The van der Waals surface area contributed by atoms with E-state index < -0.39 is 35.3 Å². The smallest absolute Gasteiger partial charge is 0.333 e. The number of ether oxygens (including phenoxy) is 1. The summed E-state index contributed by atoms with van der Waals surface area (Å²) in [6.45, 7) is 11.5. The summed E-state index contributed by atoms with van der Waals surface area (Å²) < 4.78 is 4.77. The number of Topliss-reactive ketones (excluding diaryl/α,β-unsaturated/α-hetero) is 2. The number of benzene rings is 1. The first-order chi connectivity index (χ1) is 17.7. The molecule has 1 atom stereocenters. The fraction of sp³-hybridized carbons (Fsp3) is 0.429. The van der Waals surface area contributed by atoms with Crippen LogP contribution in [0.1, 0.15) is 58.4 Å². The zero-order chi connectivity index (χ0) is 29.3. The van der Waals surface area contributed by atoms with Gasteiger partial charge in [-0.1, -0.05) is 43.5 Å². The molecular weight excluding hydrogens is 494 g/mol. The summed E-state index contributed by atoms with van der Waals surface area (Å²) in [7, 11) is 0. The Balaban J connectivity index is 0.000000761. The van der Waals surface area contributed by atoms with E-state index >= 15 is 0 Å². The first-order valence-electron chi connectivity index (χ1n) is 12.0. The van der Waals surface area contributed by atoms with Crippen LogP contribution >= 0.6 is 0 Å². The second-order valence-corrected chi connectivity index (χ2v) is 9.12. The maximum Gasteiger partial charge on any atom is 0.333 e. The maximum absolute atomic E-state index is 12.3. The molecule has 3 N–H and O–H groups in total. The lowest BCUT2D eigenvalue weighted by atomic mass is 9.87. The molecule has 1 unspecified atom stereocenters. The first kappa shape index (κ1) is 33.9. The average molecular weight is 532 g/mol. The highest BCUT2D eigenvalue weighted by Gasteiger charge is 2.32. The van der Waals surface area contributed by atoms with Gasteiger partial charge in [0.05, 0.1) is 24.5 Å². The van der Waals surface area contributed by atoms with Gasteiger partial charge in [0.25, 0.3) is 0 Å². The van der Waals surface area contributed by atoms with E-state index in [1.165, 1.54) is 0 Å². The molecule has 208 valence electrons. The molecule has 0 bridgehead atoms. The third-order valence-electron chi connectivity index (χ3n) is 5.22. The maximum atomic E-state index is 12.3. The van der Waals surface area contributed by atoms with Gasteiger partial charge >= 0.3 is 17.9 Å². The van der Waals surface area contributed by atoms with Crippen molar-refractivity contribution in [3.8, 4) is 0 Å². The molecule has 0 saturated heterocycles. The Kier molecular flexibility index (Phi) is 15.5. The summed E-state index contributed by atoms with van der Waals surface area (Å²) in [4.78, 5) is 67.2. The summed E-state index contributed by atoms with van der Waals surface area (Å²) in [5, 5.41) is 20.2. The quantitative estimate of drug-likeness (QED) is 0.165. The predicted molar refractivity (Wildman–Crippen MR) is 140 cm³/mol. The van der Waals surface area contributed by atoms with Crippen molar-refractivity contribution in [1.29, 1.82) is 0 Å². The fourth-order valence-electron chi connectivity index (χ4n) is 2.98. The van der Waals surface area contributed by atoms with Crippen molar-refractivity contribution in [2.24, 2.45) is 5.92 Å². The van der Waals surface area contributed by atoms with Crippen LogP contribution in [-0.2, 0) is 39.9 Å². The zero-order valence-electron chi connectivity index (χ0n) is 22.2. The number of carbonyl (C=O) groups excluding carboxylic acids is 4. The Labute approximate surface area is 222 Å². The molecule has 10 nitrogen and oxygen atoms in total. The van der Waals surface area contributed by atoms with E-state index in [4.69, 9.17) is 9.84 Å². The van der Waals surface area contributed by atoms with Gasteiger partial charge in [0.15, 0.2) is 5.78 Å². The molecule has 1 amide bonds. The summed E-state index contributed by atoms with van der Waals surface area (Å²) in [5.41, 5.74) is 0.0446. The number of nitrogens with one attached hydrogen (secondary N) is 1. The van der Waals surface area contributed by atoms with E-state index in [-0.39, 0.29) is 50.3 Å². The summed E-state index contributed by atoms with van der Waals surface area (Å²) >= 11 is 0. The molecule has 1 aromatic carbocycles. The normalized spacial score (nSPS) is 11.1. The van der Waals surface area contributed by atoms with Crippen molar-refractivity contribution in [2.75, 3.05) is 6.61 Å². The van der Waals surface area contributed by atoms with Crippen molar-refractivity contribution in [2.45, 2.75) is 64.8 Å². The van der Waals surface area contributed by atoms with Crippen molar-refractivity contribution in [3.63, 3.8) is 0 Å². The SMILES string of the molecule is C=C(C)C(=O)OCCCC(=O)CCC(=O)O.C=CC(=O)NC(C)(C)C(=O)CC(Cc1ccccc1)C(=O)O. The number of hydrogen-bond acceptors (Lipinski definition) is 7. The fourth-order valence-corrected chi connectivity index (χ4v) is 2.98. The van der Waals surface area contributed by atoms with Crippen LogP contribution in [0.25, 0.3) is 0 Å². The van der Waals surface area contributed by atoms with Gasteiger partial charge in [-0.15, -0.1) is 0 Å². The molecule has 1 aromatic rings. The zero-order valence-corrected chi connectivity index (χ0v) is 22.2. The molecule has 0 aromatic heterocycles. The van der Waals surface area contributed by atoms with Crippen molar-refractivity contribution < 1.29 is 43.7 Å². The van der Waals surface area contributed by atoms with Crippen LogP contribution in [0.15, 0.2) is 55.1 Å². The lowest BCUT2D eigenvalue weighted by Crippen LogP contribution is -2.50. The molecule has 0 aliphatic carbocycles. The monoisotopic (exact) mass is 531 g/mol. The van der Waals surface area contributed by atoms with Gasteiger partial charge < -0.3 is 20.3 Å². The van der Waals surface area contributed by atoms with Gasteiger partial charge in [0.2, 0.25) is 5.91 Å². The van der Waals surface area contributed by atoms with Gasteiger partial charge in [-0.05, 0) is 45.3 Å².